The molecular weight excluding hydrogens is 349 g/mol. The monoisotopic (exact) mass is 374 g/mol. The molecule has 1 amide bonds. The van der Waals surface area contributed by atoms with Gasteiger partial charge in [0.1, 0.15) is 12.3 Å². The van der Waals surface area contributed by atoms with Gasteiger partial charge in [-0.1, -0.05) is 19.1 Å². The Morgan fingerprint density at radius 1 is 1.23 bits per heavy atom. The zero-order valence-corrected chi connectivity index (χ0v) is 14.7. The van der Waals surface area contributed by atoms with Gasteiger partial charge in [0.15, 0.2) is 0 Å². The Labute approximate surface area is 150 Å². The van der Waals surface area contributed by atoms with E-state index in [1.165, 1.54) is 0 Å². The number of alkyl halides is 3. The van der Waals surface area contributed by atoms with Crippen LogP contribution in [0, 0.1) is 0 Å². The summed E-state index contributed by atoms with van der Waals surface area (Å²) in [4.78, 5) is 13.6. The lowest BCUT2D eigenvalue weighted by Crippen LogP contribution is -2.49. The van der Waals surface area contributed by atoms with E-state index in [9.17, 15) is 28.2 Å². The number of nitrogens with zero attached hydrogens (tertiary/aromatic N) is 1. The van der Waals surface area contributed by atoms with Crippen LogP contribution in [0.3, 0.4) is 0 Å². The number of nitrogens with one attached hydrogen (secondary N) is 1. The highest BCUT2D eigenvalue weighted by molar-refractivity contribution is 5.76. The van der Waals surface area contributed by atoms with Crippen molar-refractivity contribution in [2.75, 3.05) is 13.1 Å². The van der Waals surface area contributed by atoms with Crippen molar-refractivity contribution in [2.45, 2.75) is 57.2 Å². The van der Waals surface area contributed by atoms with Crippen molar-refractivity contribution in [1.82, 2.24) is 10.2 Å². The maximum atomic E-state index is 12.6. The second-order valence-corrected chi connectivity index (χ2v) is 6.58. The van der Waals surface area contributed by atoms with Gasteiger partial charge in [-0.15, -0.1) is 0 Å². The largest absolute Gasteiger partial charge is 0.416 e. The van der Waals surface area contributed by atoms with E-state index in [2.05, 4.69) is 5.32 Å². The lowest BCUT2D eigenvalue weighted by atomic mass is 10.0. The summed E-state index contributed by atoms with van der Waals surface area (Å²) in [5.74, 6) is 0.122. The number of piperidine rings is 1. The Morgan fingerprint density at radius 2 is 1.81 bits per heavy atom. The summed E-state index contributed by atoms with van der Waals surface area (Å²) in [7, 11) is 0. The van der Waals surface area contributed by atoms with Crippen molar-refractivity contribution >= 4 is 5.91 Å². The first-order valence-corrected chi connectivity index (χ1v) is 8.79. The van der Waals surface area contributed by atoms with E-state index in [-0.39, 0.29) is 17.5 Å². The summed E-state index contributed by atoms with van der Waals surface area (Å²) < 4.78 is 37.7. The molecule has 0 spiro atoms. The molecule has 1 aromatic rings. The minimum absolute atomic E-state index is 0.0697. The molecule has 0 radical (unpaired) electrons. The third-order valence-electron chi connectivity index (χ3n) is 4.60. The minimum atomic E-state index is -4.44. The number of amides is 1. The SMILES string of the molecule is CCCC(=O)N1CCC(NC(O)C(O)c2ccc(C(F)(F)F)cc2)CC1. The zero-order chi connectivity index (χ0) is 19.3. The van der Waals surface area contributed by atoms with E-state index in [4.69, 9.17) is 0 Å². The summed E-state index contributed by atoms with van der Waals surface area (Å²) in [5, 5.41) is 23.2. The molecule has 146 valence electrons. The fourth-order valence-corrected chi connectivity index (χ4v) is 3.05. The highest BCUT2D eigenvalue weighted by atomic mass is 19.4. The Balaban J connectivity index is 1.86. The van der Waals surface area contributed by atoms with Crippen molar-refractivity contribution < 1.29 is 28.2 Å². The van der Waals surface area contributed by atoms with Crippen LogP contribution in [-0.4, -0.2) is 46.4 Å². The first-order chi connectivity index (χ1) is 12.2. The third kappa shape index (κ3) is 5.43. The molecule has 1 saturated heterocycles. The van der Waals surface area contributed by atoms with Gasteiger partial charge in [0.25, 0.3) is 0 Å². The van der Waals surface area contributed by atoms with Crippen LogP contribution in [0.15, 0.2) is 24.3 Å². The average molecular weight is 374 g/mol. The van der Waals surface area contributed by atoms with Gasteiger partial charge >= 0.3 is 6.18 Å². The van der Waals surface area contributed by atoms with Crippen LogP contribution in [0.4, 0.5) is 13.2 Å². The van der Waals surface area contributed by atoms with Crippen LogP contribution in [-0.2, 0) is 11.0 Å². The molecule has 1 aliphatic heterocycles. The Bertz CT molecular complexity index is 584. The number of carbonyl (C=O) groups is 1. The fraction of sp³-hybridized carbons (Fsp3) is 0.611. The molecule has 0 saturated carbocycles. The molecule has 8 heteroatoms. The lowest BCUT2D eigenvalue weighted by Gasteiger charge is -2.34. The highest BCUT2D eigenvalue weighted by Crippen LogP contribution is 2.30. The van der Waals surface area contributed by atoms with E-state index in [1.54, 1.807) is 4.90 Å². The van der Waals surface area contributed by atoms with Gasteiger partial charge < -0.3 is 15.1 Å². The summed E-state index contributed by atoms with van der Waals surface area (Å²) in [6.07, 6.45) is -4.46. The number of benzene rings is 1. The van der Waals surface area contributed by atoms with Crippen molar-refractivity contribution in [3.63, 3.8) is 0 Å². The van der Waals surface area contributed by atoms with Gasteiger partial charge in [0.2, 0.25) is 5.91 Å². The van der Waals surface area contributed by atoms with E-state index in [0.29, 0.717) is 32.4 Å². The van der Waals surface area contributed by atoms with Crippen molar-refractivity contribution in [1.29, 1.82) is 0 Å². The molecule has 5 nitrogen and oxygen atoms in total. The molecule has 2 rings (SSSR count). The van der Waals surface area contributed by atoms with Crippen molar-refractivity contribution in [3.05, 3.63) is 35.4 Å². The molecule has 0 bridgehead atoms. The molecular formula is C18H25F3N2O3. The summed E-state index contributed by atoms with van der Waals surface area (Å²) in [6, 6.07) is 4.00. The van der Waals surface area contributed by atoms with E-state index in [1.807, 2.05) is 6.92 Å². The number of aliphatic hydroxyl groups is 2. The predicted octanol–water partition coefficient (Wildman–Crippen LogP) is 2.44. The molecule has 0 aromatic heterocycles. The number of rotatable bonds is 6. The summed E-state index contributed by atoms with van der Waals surface area (Å²) >= 11 is 0. The van der Waals surface area contributed by atoms with Crippen molar-refractivity contribution in [2.24, 2.45) is 0 Å². The fourth-order valence-electron chi connectivity index (χ4n) is 3.05. The molecule has 3 N–H and O–H groups in total. The first kappa shape index (κ1) is 20.7. The maximum absolute atomic E-state index is 12.6. The molecule has 2 unspecified atom stereocenters. The van der Waals surface area contributed by atoms with Crippen LogP contribution >= 0.6 is 0 Å². The van der Waals surface area contributed by atoms with Gasteiger partial charge in [-0.2, -0.15) is 13.2 Å². The topological polar surface area (TPSA) is 72.8 Å². The van der Waals surface area contributed by atoms with E-state index in [0.717, 1.165) is 30.7 Å². The van der Waals surface area contributed by atoms with Crippen LogP contribution in [0.5, 0.6) is 0 Å². The van der Waals surface area contributed by atoms with E-state index < -0.39 is 24.1 Å². The second-order valence-electron chi connectivity index (χ2n) is 6.58. The molecule has 1 aliphatic rings. The smallest absolute Gasteiger partial charge is 0.384 e. The zero-order valence-electron chi connectivity index (χ0n) is 14.7. The normalized spacial score (nSPS) is 18.6. The standard InChI is InChI=1S/C18H25F3N2O3/c1-2-3-15(24)23-10-8-14(9-11-23)22-17(26)16(25)12-4-6-13(7-5-12)18(19,20)21/h4-7,14,16-17,22,25-26H,2-3,8-11H2,1H3. The van der Waals surface area contributed by atoms with Crippen LogP contribution in [0.1, 0.15) is 49.8 Å². The number of hydrogen-bond acceptors (Lipinski definition) is 4. The predicted molar refractivity (Wildman–Crippen MR) is 90.1 cm³/mol. The molecule has 1 fully saturated rings. The second kappa shape index (κ2) is 8.83. The molecule has 1 heterocycles. The Morgan fingerprint density at radius 3 is 2.31 bits per heavy atom. The molecule has 26 heavy (non-hydrogen) atoms. The van der Waals surface area contributed by atoms with Crippen LogP contribution in [0.2, 0.25) is 0 Å². The average Bonchev–Trinajstić information content (AvgIpc) is 2.61. The number of hydrogen-bond donors (Lipinski definition) is 3. The number of aliphatic hydroxyl groups excluding tert-OH is 2. The minimum Gasteiger partial charge on any atom is -0.384 e. The van der Waals surface area contributed by atoms with Crippen molar-refractivity contribution in [3.8, 4) is 0 Å². The maximum Gasteiger partial charge on any atom is 0.416 e. The van der Waals surface area contributed by atoms with Crippen LogP contribution in [0.25, 0.3) is 0 Å². The number of carbonyl (C=O) groups excluding carboxylic acids is 1. The van der Waals surface area contributed by atoms with Gasteiger partial charge in [-0.05, 0) is 37.0 Å². The quantitative estimate of drug-likeness (QED) is 0.669. The van der Waals surface area contributed by atoms with Gasteiger partial charge in [-0.25, -0.2) is 0 Å². The highest BCUT2D eigenvalue weighted by Gasteiger charge is 2.31. The lowest BCUT2D eigenvalue weighted by molar-refractivity contribution is -0.137. The number of likely N-dealkylation sites (tertiary alicyclic amines) is 1. The summed E-state index contributed by atoms with van der Waals surface area (Å²) in [6.45, 7) is 3.12. The van der Waals surface area contributed by atoms with E-state index >= 15 is 0 Å². The third-order valence-corrected chi connectivity index (χ3v) is 4.60. The van der Waals surface area contributed by atoms with Gasteiger partial charge in [0, 0.05) is 25.6 Å². The molecule has 0 aliphatic carbocycles. The van der Waals surface area contributed by atoms with Gasteiger partial charge in [-0.3, -0.25) is 10.1 Å². The van der Waals surface area contributed by atoms with Gasteiger partial charge in [0.05, 0.1) is 5.56 Å². The Hall–Kier alpha value is -1.64. The first-order valence-electron chi connectivity index (χ1n) is 8.79. The summed E-state index contributed by atoms with van der Waals surface area (Å²) in [5.41, 5.74) is -0.603. The molecule has 2 atom stereocenters. The molecule has 1 aromatic carbocycles. The number of halogens is 3. The van der Waals surface area contributed by atoms with Crippen LogP contribution < -0.4 is 5.32 Å². The Kier molecular flexibility index (Phi) is 7.02.